The Morgan fingerprint density at radius 1 is 1.15 bits per heavy atom. The van der Waals surface area contributed by atoms with Gasteiger partial charge in [-0.3, -0.25) is 9.59 Å². The lowest BCUT2D eigenvalue weighted by Crippen LogP contribution is -2.22. The van der Waals surface area contributed by atoms with Crippen LogP contribution in [0.15, 0.2) is 35.6 Å². The molecular formula is C10H9NO2. The van der Waals surface area contributed by atoms with Crippen molar-refractivity contribution < 1.29 is 9.59 Å². The molecule has 66 valence electrons. The number of rotatable bonds is 0. The van der Waals surface area contributed by atoms with Gasteiger partial charge in [0.25, 0.3) is 0 Å². The van der Waals surface area contributed by atoms with E-state index in [9.17, 15) is 9.59 Å². The van der Waals surface area contributed by atoms with Crippen molar-refractivity contribution in [3.63, 3.8) is 0 Å². The first-order chi connectivity index (χ1) is 6.25. The maximum absolute atomic E-state index is 11.1. The molecule has 0 bridgehead atoms. The number of hydrogen-bond donors (Lipinski definition) is 1. The average molecular weight is 175 g/mol. The fraction of sp³-hybridized carbons (Fsp3) is 0.200. The first-order valence-electron chi connectivity index (χ1n) is 4.16. The number of carbonyl (C=O) groups excluding carboxylic acids is 2. The van der Waals surface area contributed by atoms with Crippen molar-refractivity contribution >= 4 is 11.7 Å². The van der Waals surface area contributed by atoms with Crippen LogP contribution in [0.2, 0.25) is 0 Å². The van der Waals surface area contributed by atoms with Gasteiger partial charge in [-0.15, -0.1) is 0 Å². The summed E-state index contributed by atoms with van der Waals surface area (Å²) in [6.45, 7) is 0. The third-order valence-electron chi connectivity index (χ3n) is 2.04. The number of hydrogen-bond acceptors (Lipinski definition) is 2. The SMILES string of the molecule is O=C1C=CC2=C(C=CCC(=O)N2)C1. The van der Waals surface area contributed by atoms with Crippen LogP contribution in [0.5, 0.6) is 0 Å². The molecule has 0 aromatic rings. The summed E-state index contributed by atoms with van der Waals surface area (Å²) in [7, 11) is 0. The second kappa shape index (κ2) is 3.01. The van der Waals surface area contributed by atoms with Gasteiger partial charge in [-0.1, -0.05) is 12.2 Å². The summed E-state index contributed by atoms with van der Waals surface area (Å²) in [5.41, 5.74) is 1.66. The van der Waals surface area contributed by atoms with E-state index < -0.39 is 0 Å². The topological polar surface area (TPSA) is 46.2 Å². The Morgan fingerprint density at radius 2 is 2.00 bits per heavy atom. The van der Waals surface area contributed by atoms with Crippen LogP contribution in [-0.2, 0) is 9.59 Å². The molecule has 0 aromatic heterocycles. The minimum atomic E-state index is -0.0275. The zero-order chi connectivity index (χ0) is 9.26. The normalized spacial score (nSPS) is 21.2. The molecule has 1 amide bonds. The zero-order valence-corrected chi connectivity index (χ0v) is 7.04. The lowest BCUT2D eigenvalue weighted by Gasteiger charge is -2.10. The molecule has 0 saturated heterocycles. The summed E-state index contributed by atoms with van der Waals surface area (Å²) in [5.74, 6) is 0.0554. The van der Waals surface area contributed by atoms with Crippen LogP contribution >= 0.6 is 0 Å². The molecule has 0 unspecified atom stereocenters. The molecule has 0 saturated carbocycles. The van der Waals surface area contributed by atoms with E-state index >= 15 is 0 Å². The molecule has 3 heteroatoms. The minimum absolute atomic E-state index is 0.0275. The molecule has 1 heterocycles. The molecule has 13 heavy (non-hydrogen) atoms. The lowest BCUT2D eigenvalue weighted by atomic mass is 10.0. The highest BCUT2D eigenvalue weighted by molar-refractivity contribution is 5.95. The Bertz CT molecular complexity index is 361. The van der Waals surface area contributed by atoms with Gasteiger partial charge in [-0.05, 0) is 17.7 Å². The number of carbonyl (C=O) groups is 2. The van der Waals surface area contributed by atoms with Gasteiger partial charge in [0.2, 0.25) is 5.91 Å². The maximum Gasteiger partial charge on any atom is 0.228 e. The molecule has 1 N–H and O–H groups in total. The van der Waals surface area contributed by atoms with Crippen LogP contribution in [0, 0.1) is 0 Å². The van der Waals surface area contributed by atoms with Gasteiger partial charge in [-0.2, -0.15) is 0 Å². The molecular weight excluding hydrogens is 166 g/mol. The predicted molar refractivity (Wildman–Crippen MR) is 47.7 cm³/mol. The monoisotopic (exact) mass is 175 g/mol. The summed E-state index contributed by atoms with van der Waals surface area (Å²) >= 11 is 0. The van der Waals surface area contributed by atoms with E-state index in [1.54, 1.807) is 12.2 Å². The summed E-state index contributed by atoms with van der Waals surface area (Å²) in [6, 6.07) is 0. The van der Waals surface area contributed by atoms with E-state index in [1.807, 2.05) is 6.08 Å². The van der Waals surface area contributed by atoms with E-state index in [2.05, 4.69) is 5.32 Å². The Kier molecular flexibility index (Phi) is 1.85. The van der Waals surface area contributed by atoms with Crippen molar-refractivity contribution in [3.05, 3.63) is 35.6 Å². The maximum atomic E-state index is 11.1. The Balaban J connectivity index is 2.35. The number of amides is 1. The van der Waals surface area contributed by atoms with Crippen LogP contribution in [0.4, 0.5) is 0 Å². The molecule has 2 rings (SSSR count). The van der Waals surface area contributed by atoms with Crippen molar-refractivity contribution in [2.75, 3.05) is 0 Å². The van der Waals surface area contributed by atoms with Gasteiger partial charge in [0.15, 0.2) is 5.78 Å². The van der Waals surface area contributed by atoms with Crippen LogP contribution < -0.4 is 5.32 Å². The van der Waals surface area contributed by atoms with Gasteiger partial charge in [0.05, 0.1) is 0 Å². The zero-order valence-electron chi connectivity index (χ0n) is 7.04. The van der Waals surface area contributed by atoms with Crippen molar-refractivity contribution in [2.45, 2.75) is 12.8 Å². The van der Waals surface area contributed by atoms with E-state index in [0.717, 1.165) is 11.3 Å². The van der Waals surface area contributed by atoms with E-state index in [4.69, 9.17) is 0 Å². The van der Waals surface area contributed by atoms with Gasteiger partial charge in [-0.25, -0.2) is 0 Å². The minimum Gasteiger partial charge on any atom is -0.326 e. The third-order valence-corrected chi connectivity index (χ3v) is 2.04. The van der Waals surface area contributed by atoms with Gasteiger partial charge >= 0.3 is 0 Å². The quantitative estimate of drug-likeness (QED) is 0.593. The fourth-order valence-electron chi connectivity index (χ4n) is 1.41. The first-order valence-corrected chi connectivity index (χ1v) is 4.16. The fourth-order valence-corrected chi connectivity index (χ4v) is 1.41. The number of nitrogens with one attached hydrogen (secondary N) is 1. The van der Waals surface area contributed by atoms with Crippen molar-refractivity contribution in [3.8, 4) is 0 Å². The molecule has 2 aliphatic rings. The molecule has 0 fully saturated rings. The van der Waals surface area contributed by atoms with Gasteiger partial charge in [0, 0.05) is 18.5 Å². The molecule has 0 aromatic carbocycles. The Morgan fingerprint density at radius 3 is 2.85 bits per heavy atom. The van der Waals surface area contributed by atoms with E-state index in [0.29, 0.717) is 12.8 Å². The lowest BCUT2D eigenvalue weighted by molar-refractivity contribution is -0.119. The van der Waals surface area contributed by atoms with Gasteiger partial charge < -0.3 is 5.32 Å². The van der Waals surface area contributed by atoms with E-state index in [1.165, 1.54) is 6.08 Å². The second-order valence-electron chi connectivity index (χ2n) is 3.07. The van der Waals surface area contributed by atoms with E-state index in [-0.39, 0.29) is 11.7 Å². The molecule has 0 radical (unpaired) electrons. The van der Waals surface area contributed by atoms with Crippen LogP contribution in [0.25, 0.3) is 0 Å². The molecule has 0 atom stereocenters. The predicted octanol–water partition coefficient (Wildman–Crippen LogP) is 0.846. The van der Waals surface area contributed by atoms with Crippen molar-refractivity contribution in [2.24, 2.45) is 0 Å². The first kappa shape index (κ1) is 7.98. The van der Waals surface area contributed by atoms with Gasteiger partial charge in [0.1, 0.15) is 0 Å². The Hall–Kier alpha value is -1.64. The highest BCUT2D eigenvalue weighted by Crippen LogP contribution is 2.18. The number of allylic oxidation sites excluding steroid dienone is 4. The third kappa shape index (κ3) is 1.59. The summed E-state index contributed by atoms with van der Waals surface area (Å²) < 4.78 is 0. The van der Waals surface area contributed by atoms with Crippen molar-refractivity contribution in [1.82, 2.24) is 5.32 Å². The molecule has 1 aliphatic heterocycles. The summed E-state index contributed by atoms with van der Waals surface area (Å²) in [6.07, 6.45) is 7.56. The Labute approximate surface area is 75.8 Å². The second-order valence-corrected chi connectivity index (χ2v) is 3.07. The average Bonchev–Trinajstić information content (AvgIpc) is 2.25. The molecule has 1 aliphatic carbocycles. The van der Waals surface area contributed by atoms with Crippen molar-refractivity contribution in [1.29, 1.82) is 0 Å². The van der Waals surface area contributed by atoms with Crippen LogP contribution in [0.3, 0.4) is 0 Å². The highest BCUT2D eigenvalue weighted by atomic mass is 16.1. The standard InChI is InChI=1S/C10H9NO2/c12-8-4-5-9-7(6-8)2-1-3-10(13)11-9/h1-2,4-5H,3,6H2,(H,11,13). The smallest absolute Gasteiger partial charge is 0.228 e. The largest absolute Gasteiger partial charge is 0.326 e. The number of ketones is 1. The highest BCUT2D eigenvalue weighted by Gasteiger charge is 2.15. The summed E-state index contributed by atoms with van der Waals surface area (Å²) in [4.78, 5) is 22.1. The molecule has 3 nitrogen and oxygen atoms in total. The van der Waals surface area contributed by atoms with Crippen LogP contribution in [-0.4, -0.2) is 11.7 Å². The molecule has 0 spiro atoms. The summed E-state index contributed by atoms with van der Waals surface area (Å²) in [5, 5.41) is 2.74. The van der Waals surface area contributed by atoms with Crippen LogP contribution in [0.1, 0.15) is 12.8 Å².